The Morgan fingerprint density at radius 3 is 1.56 bits per heavy atom. The van der Waals surface area contributed by atoms with Crippen molar-refractivity contribution in [3.63, 3.8) is 0 Å². The molecule has 0 spiro atoms. The number of primary amides is 1. The van der Waals surface area contributed by atoms with E-state index >= 15 is 0 Å². The number of benzene rings is 2. The second-order valence-electron chi connectivity index (χ2n) is 10.0. The number of phenolic OH excluding ortho intramolecular Hbond substituents is 2. The molecule has 0 aliphatic heterocycles. The number of nitrogens with two attached hydrogens (primary N) is 2. The van der Waals surface area contributed by atoms with Crippen molar-refractivity contribution in [1.82, 2.24) is 21.3 Å². The number of phenols is 2. The van der Waals surface area contributed by atoms with Crippen LogP contribution < -0.4 is 32.7 Å². The summed E-state index contributed by atoms with van der Waals surface area (Å²) >= 11 is 1.37. The molecule has 0 heterocycles. The van der Waals surface area contributed by atoms with Crippen LogP contribution >= 0.6 is 11.8 Å². The van der Waals surface area contributed by atoms with Crippen molar-refractivity contribution in [3.05, 3.63) is 59.7 Å². The Labute approximate surface area is 263 Å². The fourth-order valence-electron chi connectivity index (χ4n) is 4.13. The zero-order chi connectivity index (χ0) is 33.5. The van der Waals surface area contributed by atoms with Gasteiger partial charge in [-0.3, -0.25) is 24.0 Å². The molecule has 15 nitrogen and oxygen atoms in total. The Kier molecular flexibility index (Phi) is 14.6. The number of rotatable bonds is 18. The van der Waals surface area contributed by atoms with Gasteiger partial charge in [-0.2, -0.15) is 11.8 Å². The number of thioether (sulfide) groups is 1. The van der Waals surface area contributed by atoms with Crippen LogP contribution in [0.2, 0.25) is 0 Å². The molecule has 2 rings (SSSR count). The second-order valence-corrected chi connectivity index (χ2v) is 11.0. The number of carboxylic acids is 1. The minimum absolute atomic E-state index is 0.000689. The minimum atomic E-state index is -1.62. The monoisotopic (exact) mass is 646 g/mol. The van der Waals surface area contributed by atoms with E-state index in [0.717, 1.165) is 0 Å². The first-order chi connectivity index (χ1) is 21.3. The highest BCUT2D eigenvalue weighted by molar-refractivity contribution is 7.98. The van der Waals surface area contributed by atoms with E-state index in [1.54, 1.807) is 18.4 Å². The van der Waals surface area contributed by atoms with Crippen molar-refractivity contribution in [2.45, 2.75) is 49.9 Å². The van der Waals surface area contributed by atoms with Crippen molar-refractivity contribution < 1.29 is 44.1 Å². The molecule has 0 fully saturated rings. The maximum atomic E-state index is 13.6. The van der Waals surface area contributed by atoms with E-state index in [2.05, 4.69) is 21.3 Å². The van der Waals surface area contributed by atoms with Gasteiger partial charge in [0.2, 0.25) is 29.5 Å². The molecule has 0 bridgehead atoms. The summed E-state index contributed by atoms with van der Waals surface area (Å²) in [6.07, 6.45) is 1.07. The third kappa shape index (κ3) is 12.7. The predicted molar refractivity (Wildman–Crippen MR) is 165 cm³/mol. The van der Waals surface area contributed by atoms with Crippen LogP contribution in [0.15, 0.2) is 48.5 Å². The number of hydrogen-bond donors (Lipinski definition) is 9. The first kappa shape index (κ1) is 36.4. The highest BCUT2D eigenvalue weighted by Gasteiger charge is 2.32. The molecule has 0 unspecified atom stereocenters. The molecule has 5 amide bonds. The number of carbonyl (C=O) groups excluding carboxylic acids is 5. The van der Waals surface area contributed by atoms with E-state index in [0.29, 0.717) is 16.9 Å². The standard InChI is InChI=1S/C29H38N6O9S/c1-45-11-10-20(26(40)35-23(29(43)44)14-24(31)38)33-28(42)22(13-17-4-8-19(37)9-5-17)34-27(41)21(32-25(39)15-30)12-16-2-6-18(36)7-3-16/h2-9,20-23,36-37H,10-15,30H2,1H3,(H2,31,38)(H,32,39)(H,33,42)(H,34,41)(H,35,40)(H,43,44)/t20-,21-,22-,23-/m0/s1. The van der Waals surface area contributed by atoms with Gasteiger partial charge in [0.05, 0.1) is 13.0 Å². The van der Waals surface area contributed by atoms with E-state index in [9.17, 15) is 44.1 Å². The molecule has 2 aromatic carbocycles. The molecule has 0 radical (unpaired) electrons. The first-order valence-electron chi connectivity index (χ1n) is 13.8. The van der Waals surface area contributed by atoms with Gasteiger partial charge in [-0.05, 0) is 53.8 Å². The normalized spacial score (nSPS) is 13.4. The second kappa shape index (κ2) is 18.1. The van der Waals surface area contributed by atoms with Gasteiger partial charge < -0.3 is 48.1 Å². The third-order valence-corrected chi connectivity index (χ3v) is 7.13. The first-order valence-corrected chi connectivity index (χ1v) is 15.2. The summed E-state index contributed by atoms with van der Waals surface area (Å²) in [6, 6.07) is 6.43. The van der Waals surface area contributed by atoms with Crippen molar-refractivity contribution in [2.24, 2.45) is 11.5 Å². The molecule has 0 aliphatic rings. The van der Waals surface area contributed by atoms with Gasteiger partial charge in [-0.25, -0.2) is 4.79 Å². The molecular formula is C29H38N6O9S. The lowest BCUT2D eigenvalue weighted by Gasteiger charge is -2.26. The van der Waals surface area contributed by atoms with Crippen molar-refractivity contribution >= 4 is 47.3 Å². The van der Waals surface area contributed by atoms with E-state index in [1.807, 2.05) is 0 Å². The summed E-state index contributed by atoms with van der Waals surface area (Å²) in [6.45, 7) is -0.407. The highest BCUT2D eigenvalue weighted by atomic mass is 32.2. The fraction of sp³-hybridized carbons (Fsp3) is 0.379. The van der Waals surface area contributed by atoms with Crippen LogP contribution in [0.5, 0.6) is 11.5 Å². The number of aromatic hydroxyl groups is 2. The van der Waals surface area contributed by atoms with E-state index in [4.69, 9.17) is 11.5 Å². The molecule has 244 valence electrons. The molecule has 0 aromatic heterocycles. The van der Waals surface area contributed by atoms with Crippen molar-refractivity contribution in [3.8, 4) is 11.5 Å². The Hall–Kier alpha value is -4.83. The van der Waals surface area contributed by atoms with Gasteiger partial charge in [0.15, 0.2) is 0 Å². The number of aliphatic carboxylic acids is 1. The van der Waals surface area contributed by atoms with Crippen LogP contribution in [0.3, 0.4) is 0 Å². The molecule has 11 N–H and O–H groups in total. The Bertz CT molecular complexity index is 1340. The molecule has 45 heavy (non-hydrogen) atoms. The Morgan fingerprint density at radius 2 is 1.13 bits per heavy atom. The summed E-state index contributed by atoms with van der Waals surface area (Å²) < 4.78 is 0. The summed E-state index contributed by atoms with van der Waals surface area (Å²) in [5.74, 6) is -5.13. The van der Waals surface area contributed by atoms with Crippen LogP contribution in [0.4, 0.5) is 0 Å². The lowest BCUT2D eigenvalue weighted by atomic mass is 10.0. The molecular weight excluding hydrogens is 608 g/mol. The Morgan fingerprint density at radius 1 is 0.711 bits per heavy atom. The van der Waals surface area contributed by atoms with E-state index in [-0.39, 0.29) is 30.8 Å². The lowest BCUT2D eigenvalue weighted by Crippen LogP contribution is -2.59. The average molecular weight is 647 g/mol. The fourth-order valence-corrected chi connectivity index (χ4v) is 4.60. The third-order valence-electron chi connectivity index (χ3n) is 6.49. The molecule has 0 saturated carbocycles. The topological polar surface area (TPSA) is 263 Å². The van der Waals surface area contributed by atoms with Crippen LogP contribution in [-0.4, -0.2) is 93.5 Å². The summed E-state index contributed by atoms with van der Waals surface area (Å²) in [7, 11) is 0. The molecule has 2 aromatic rings. The summed E-state index contributed by atoms with van der Waals surface area (Å²) in [5, 5.41) is 38.6. The minimum Gasteiger partial charge on any atom is -0.508 e. The number of hydrogen-bond acceptors (Lipinski definition) is 10. The molecule has 4 atom stereocenters. The van der Waals surface area contributed by atoms with Gasteiger partial charge in [0, 0.05) is 12.8 Å². The van der Waals surface area contributed by atoms with Gasteiger partial charge in [0.25, 0.3) is 0 Å². The van der Waals surface area contributed by atoms with Crippen LogP contribution in [0.1, 0.15) is 24.0 Å². The average Bonchev–Trinajstić information content (AvgIpc) is 2.99. The SMILES string of the molecule is CSCC[C@H](NC(=O)[C@H](Cc1ccc(O)cc1)NC(=O)[C@H](Cc1ccc(O)cc1)NC(=O)CN)C(=O)N[C@@H](CC(N)=O)C(=O)O. The van der Waals surface area contributed by atoms with Gasteiger partial charge in [0.1, 0.15) is 35.7 Å². The quantitative estimate of drug-likeness (QED) is 0.0899. The summed E-state index contributed by atoms with van der Waals surface area (Å²) in [5.41, 5.74) is 11.7. The van der Waals surface area contributed by atoms with Gasteiger partial charge in [-0.1, -0.05) is 24.3 Å². The number of nitrogens with one attached hydrogen (secondary N) is 4. The van der Waals surface area contributed by atoms with Crippen molar-refractivity contribution in [2.75, 3.05) is 18.6 Å². The van der Waals surface area contributed by atoms with Crippen LogP contribution in [0.25, 0.3) is 0 Å². The molecule has 0 aliphatic carbocycles. The van der Waals surface area contributed by atoms with Gasteiger partial charge >= 0.3 is 5.97 Å². The Balaban J connectivity index is 2.35. The number of carboxylic acid groups (broad SMARTS) is 1. The molecule has 16 heteroatoms. The predicted octanol–water partition coefficient (Wildman–Crippen LogP) is -1.51. The van der Waals surface area contributed by atoms with E-state index < -0.39 is 72.6 Å². The van der Waals surface area contributed by atoms with Crippen LogP contribution in [0, 0.1) is 0 Å². The van der Waals surface area contributed by atoms with Crippen molar-refractivity contribution in [1.29, 1.82) is 0 Å². The maximum absolute atomic E-state index is 13.6. The highest BCUT2D eigenvalue weighted by Crippen LogP contribution is 2.14. The zero-order valence-corrected chi connectivity index (χ0v) is 25.3. The smallest absolute Gasteiger partial charge is 0.326 e. The molecule has 0 saturated heterocycles. The maximum Gasteiger partial charge on any atom is 0.326 e. The van der Waals surface area contributed by atoms with Crippen LogP contribution in [-0.2, 0) is 41.6 Å². The van der Waals surface area contributed by atoms with Gasteiger partial charge in [-0.15, -0.1) is 0 Å². The summed E-state index contributed by atoms with van der Waals surface area (Å²) in [4.78, 5) is 75.3. The largest absolute Gasteiger partial charge is 0.508 e. The number of carbonyl (C=O) groups is 6. The van der Waals surface area contributed by atoms with E-state index in [1.165, 1.54) is 48.2 Å². The number of amides is 5. The zero-order valence-electron chi connectivity index (χ0n) is 24.5. The lowest BCUT2D eigenvalue weighted by molar-refractivity contribution is -0.143.